The van der Waals surface area contributed by atoms with E-state index in [0.29, 0.717) is 16.1 Å². The molecule has 0 bridgehead atoms. The summed E-state index contributed by atoms with van der Waals surface area (Å²) in [4.78, 5) is 4.51. The van der Waals surface area contributed by atoms with Crippen LogP contribution in [0.5, 0.6) is 0 Å². The van der Waals surface area contributed by atoms with E-state index in [9.17, 15) is 0 Å². The van der Waals surface area contributed by atoms with E-state index >= 15 is 0 Å². The van der Waals surface area contributed by atoms with Crippen LogP contribution < -0.4 is 5.32 Å². The molecule has 0 amide bonds. The predicted molar refractivity (Wildman–Crippen MR) is 63.3 cm³/mol. The first-order chi connectivity index (χ1) is 6.67. The molecule has 0 saturated carbocycles. The Labute approximate surface area is 96.5 Å². The van der Waals surface area contributed by atoms with Crippen molar-refractivity contribution in [2.75, 3.05) is 17.3 Å². The quantitative estimate of drug-likeness (QED) is 0.889. The summed E-state index contributed by atoms with van der Waals surface area (Å²) in [6.45, 7) is 2.07. The minimum absolute atomic E-state index is 0.288. The molecule has 1 heterocycles. The lowest BCUT2D eigenvalue weighted by Crippen LogP contribution is -2.17. The van der Waals surface area contributed by atoms with E-state index in [1.54, 1.807) is 11.8 Å². The SMILES string of the molecule is CSCC(C)Nc1nc(Cl)c(C#N)s1. The maximum atomic E-state index is 8.67. The normalized spacial score (nSPS) is 12.1. The van der Waals surface area contributed by atoms with Crippen LogP contribution in [0.15, 0.2) is 0 Å². The fraction of sp³-hybridized carbons (Fsp3) is 0.500. The Balaban J connectivity index is 2.64. The first-order valence-electron chi connectivity index (χ1n) is 3.99. The Bertz CT molecular complexity index is 345. The molecule has 0 fully saturated rings. The summed E-state index contributed by atoms with van der Waals surface area (Å²) in [5.41, 5.74) is 0. The highest BCUT2D eigenvalue weighted by atomic mass is 35.5. The second kappa shape index (κ2) is 5.44. The first kappa shape index (κ1) is 11.6. The maximum absolute atomic E-state index is 8.67. The molecular formula is C8H10ClN3S2. The lowest BCUT2D eigenvalue weighted by Gasteiger charge is -2.09. The molecule has 0 aliphatic rings. The van der Waals surface area contributed by atoms with Crippen molar-refractivity contribution in [3.8, 4) is 6.07 Å². The number of thioether (sulfide) groups is 1. The van der Waals surface area contributed by atoms with Crippen LogP contribution in [0.2, 0.25) is 5.15 Å². The molecule has 0 spiro atoms. The van der Waals surface area contributed by atoms with E-state index in [1.807, 2.05) is 12.3 Å². The van der Waals surface area contributed by atoms with Gasteiger partial charge in [-0.2, -0.15) is 17.0 Å². The van der Waals surface area contributed by atoms with Crippen LogP contribution in [0, 0.1) is 11.3 Å². The lowest BCUT2D eigenvalue weighted by atomic mass is 10.4. The van der Waals surface area contributed by atoms with Gasteiger partial charge in [-0.25, -0.2) is 4.98 Å². The van der Waals surface area contributed by atoms with Crippen LogP contribution in [0.3, 0.4) is 0 Å². The third-order valence-electron chi connectivity index (χ3n) is 1.47. The summed E-state index contributed by atoms with van der Waals surface area (Å²) >= 11 is 8.79. The van der Waals surface area contributed by atoms with Crippen LogP contribution >= 0.6 is 34.7 Å². The first-order valence-corrected chi connectivity index (χ1v) is 6.58. The molecule has 6 heteroatoms. The van der Waals surface area contributed by atoms with E-state index in [2.05, 4.69) is 17.2 Å². The summed E-state index contributed by atoms with van der Waals surface area (Å²) in [5, 5.41) is 12.9. The molecule has 1 aromatic heterocycles. The highest BCUT2D eigenvalue weighted by molar-refractivity contribution is 7.98. The average molecular weight is 248 g/mol. The molecule has 14 heavy (non-hydrogen) atoms. The zero-order valence-electron chi connectivity index (χ0n) is 7.87. The number of thiazole rings is 1. The smallest absolute Gasteiger partial charge is 0.185 e. The fourth-order valence-corrected chi connectivity index (χ4v) is 2.58. The van der Waals surface area contributed by atoms with Crippen molar-refractivity contribution in [3.63, 3.8) is 0 Å². The number of anilines is 1. The molecule has 1 aromatic rings. The Morgan fingerprint density at radius 3 is 3.00 bits per heavy atom. The maximum Gasteiger partial charge on any atom is 0.185 e. The zero-order chi connectivity index (χ0) is 10.6. The fourth-order valence-electron chi connectivity index (χ4n) is 0.935. The van der Waals surface area contributed by atoms with Crippen molar-refractivity contribution < 1.29 is 0 Å². The molecule has 0 aliphatic heterocycles. The van der Waals surface area contributed by atoms with Gasteiger partial charge in [-0.1, -0.05) is 22.9 Å². The highest BCUT2D eigenvalue weighted by Crippen LogP contribution is 2.26. The molecular weight excluding hydrogens is 238 g/mol. The van der Waals surface area contributed by atoms with E-state index < -0.39 is 0 Å². The van der Waals surface area contributed by atoms with Gasteiger partial charge >= 0.3 is 0 Å². The van der Waals surface area contributed by atoms with Gasteiger partial charge in [0.1, 0.15) is 10.9 Å². The molecule has 1 unspecified atom stereocenters. The van der Waals surface area contributed by atoms with Crippen LogP contribution in [-0.4, -0.2) is 23.0 Å². The van der Waals surface area contributed by atoms with Crippen molar-refractivity contribution in [1.82, 2.24) is 4.98 Å². The summed E-state index contributed by atoms with van der Waals surface area (Å²) in [5.74, 6) is 0.999. The largest absolute Gasteiger partial charge is 0.358 e. The van der Waals surface area contributed by atoms with Crippen molar-refractivity contribution in [2.24, 2.45) is 0 Å². The molecule has 0 aromatic carbocycles. The molecule has 0 saturated heterocycles. The van der Waals surface area contributed by atoms with Crippen LogP contribution in [0.4, 0.5) is 5.13 Å². The number of hydrogen-bond acceptors (Lipinski definition) is 5. The Morgan fingerprint density at radius 2 is 2.50 bits per heavy atom. The second-order valence-corrected chi connectivity index (χ2v) is 5.02. The predicted octanol–water partition coefficient (Wildman–Crippen LogP) is 2.83. The van der Waals surface area contributed by atoms with Crippen molar-refractivity contribution >= 4 is 39.8 Å². The molecule has 76 valence electrons. The number of nitrogens with zero attached hydrogens (tertiary/aromatic N) is 2. The van der Waals surface area contributed by atoms with Gasteiger partial charge in [0.2, 0.25) is 0 Å². The Kier molecular flexibility index (Phi) is 4.52. The molecule has 0 radical (unpaired) electrons. The van der Waals surface area contributed by atoms with E-state index in [0.717, 1.165) is 5.75 Å². The number of rotatable bonds is 4. The van der Waals surface area contributed by atoms with Crippen molar-refractivity contribution in [3.05, 3.63) is 10.0 Å². The van der Waals surface area contributed by atoms with Crippen molar-refractivity contribution in [2.45, 2.75) is 13.0 Å². The van der Waals surface area contributed by atoms with Crippen molar-refractivity contribution in [1.29, 1.82) is 5.26 Å². The monoisotopic (exact) mass is 247 g/mol. The van der Waals surface area contributed by atoms with Gasteiger partial charge < -0.3 is 5.32 Å². The summed E-state index contributed by atoms with van der Waals surface area (Å²) < 4.78 is 0. The standard InChI is InChI=1S/C8H10ClN3S2/c1-5(4-13-2)11-8-12-7(9)6(3-10)14-8/h5H,4H2,1-2H3,(H,11,12). The molecule has 1 atom stereocenters. The van der Waals surface area contributed by atoms with Crippen LogP contribution in [-0.2, 0) is 0 Å². The van der Waals surface area contributed by atoms with E-state index in [-0.39, 0.29) is 5.15 Å². The number of nitriles is 1. The summed E-state index contributed by atoms with van der Waals surface area (Å²) in [6.07, 6.45) is 2.05. The topological polar surface area (TPSA) is 48.7 Å². The van der Waals surface area contributed by atoms with Gasteiger partial charge in [0, 0.05) is 11.8 Å². The Morgan fingerprint density at radius 1 is 1.79 bits per heavy atom. The third-order valence-corrected chi connectivity index (χ3v) is 3.58. The van der Waals surface area contributed by atoms with Crippen LogP contribution in [0.25, 0.3) is 0 Å². The van der Waals surface area contributed by atoms with E-state index in [4.69, 9.17) is 16.9 Å². The molecule has 3 nitrogen and oxygen atoms in total. The molecule has 1 N–H and O–H groups in total. The van der Waals surface area contributed by atoms with E-state index in [1.165, 1.54) is 11.3 Å². The van der Waals surface area contributed by atoms with Gasteiger partial charge in [-0.05, 0) is 13.2 Å². The van der Waals surface area contributed by atoms with Gasteiger partial charge in [0.05, 0.1) is 0 Å². The number of hydrogen-bond donors (Lipinski definition) is 1. The third kappa shape index (κ3) is 3.05. The second-order valence-electron chi connectivity index (χ2n) is 2.75. The minimum atomic E-state index is 0.288. The number of halogens is 1. The van der Waals surface area contributed by atoms with Gasteiger partial charge in [0.15, 0.2) is 10.3 Å². The summed E-state index contributed by atoms with van der Waals surface area (Å²) in [7, 11) is 0. The van der Waals surface area contributed by atoms with Gasteiger partial charge in [-0.15, -0.1) is 0 Å². The summed E-state index contributed by atoms with van der Waals surface area (Å²) in [6, 6.07) is 2.33. The average Bonchev–Trinajstić information content (AvgIpc) is 2.46. The Hall–Kier alpha value is -0.440. The lowest BCUT2D eigenvalue weighted by molar-refractivity contribution is 0.911. The highest BCUT2D eigenvalue weighted by Gasteiger charge is 2.10. The van der Waals surface area contributed by atoms with Gasteiger partial charge in [0.25, 0.3) is 0 Å². The number of aromatic nitrogens is 1. The molecule has 1 rings (SSSR count). The number of nitrogens with one attached hydrogen (secondary N) is 1. The van der Waals surface area contributed by atoms with Gasteiger partial charge in [-0.3, -0.25) is 0 Å². The van der Waals surface area contributed by atoms with Crippen LogP contribution in [0.1, 0.15) is 11.8 Å². The zero-order valence-corrected chi connectivity index (χ0v) is 10.3. The minimum Gasteiger partial charge on any atom is -0.358 e. The molecule has 0 aliphatic carbocycles.